The van der Waals surface area contributed by atoms with Crippen molar-refractivity contribution in [3.05, 3.63) is 254 Å². The van der Waals surface area contributed by atoms with Gasteiger partial charge in [-0.15, -0.1) is 0 Å². The first-order valence-electron chi connectivity index (χ1n) is 23.3. The molecule has 1 aromatic heterocycles. The summed E-state index contributed by atoms with van der Waals surface area (Å²) >= 11 is 0. The molecule has 11 aromatic carbocycles. The van der Waals surface area contributed by atoms with Crippen molar-refractivity contribution in [2.24, 2.45) is 0 Å². The lowest BCUT2D eigenvalue weighted by atomic mass is 9.82. The monoisotopic (exact) mass is 854 g/mol. The fourth-order valence-electron chi connectivity index (χ4n) is 11.1. The lowest BCUT2D eigenvalue weighted by Crippen LogP contribution is -2.14. The Morgan fingerprint density at radius 3 is 1.63 bits per heavy atom. The maximum Gasteiger partial charge on any atom is 0.0541 e. The molecule has 0 saturated carbocycles. The summed E-state index contributed by atoms with van der Waals surface area (Å²) in [6, 6.07) is 89.3. The van der Waals surface area contributed by atoms with Crippen LogP contribution in [0.1, 0.15) is 25.0 Å². The van der Waals surface area contributed by atoms with Crippen LogP contribution in [-0.4, -0.2) is 4.57 Å². The van der Waals surface area contributed by atoms with Crippen molar-refractivity contribution < 1.29 is 0 Å². The molecule has 0 N–H and O–H groups in total. The third kappa shape index (κ3) is 6.25. The maximum atomic E-state index is 2.39. The van der Waals surface area contributed by atoms with Crippen LogP contribution in [0.2, 0.25) is 0 Å². The summed E-state index contributed by atoms with van der Waals surface area (Å²) in [6.45, 7) is 4.70. The van der Waals surface area contributed by atoms with Gasteiger partial charge in [0.25, 0.3) is 0 Å². The van der Waals surface area contributed by atoms with E-state index in [-0.39, 0.29) is 5.41 Å². The number of rotatable bonds is 7. The van der Waals surface area contributed by atoms with Crippen LogP contribution in [0.3, 0.4) is 0 Å². The Hall–Kier alpha value is -8.46. The van der Waals surface area contributed by atoms with Crippen molar-refractivity contribution in [1.82, 2.24) is 4.57 Å². The Morgan fingerprint density at radius 2 is 0.866 bits per heavy atom. The van der Waals surface area contributed by atoms with Gasteiger partial charge in [-0.1, -0.05) is 190 Å². The first-order valence-corrected chi connectivity index (χ1v) is 23.3. The molecule has 0 radical (unpaired) electrons. The molecule has 0 fully saturated rings. The van der Waals surface area contributed by atoms with Gasteiger partial charge in [0.2, 0.25) is 0 Å². The van der Waals surface area contributed by atoms with Crippen molar-refractivity contribution in [3.8, 4) is 50.2 Å². The zero-order valence-corrected chi connectivity index (χ0v) is 37.5. The topological polar surface area (TPSA) is 8.17 Å². The Kier molecular flexibility index (Phi) is 8.91. The van der Waals surface area contributed by atoms with Crippen LogP contribution in [0.15, 0.2) is 243 Å². The molecule has 0 atom stereocenters. The predicted octanol–water partition coefficient (Wildman–Crippen LogP) is 17.9. The van der Waals surface area contributed by atoms with Gasteiger partial charge in [0.15, 0.2) is 0 Å². The maximum absolute atomic E-state index is 2.39. The molecule has 2 nitrogen and oxygen atoms in total. The summed E-state index contributed by atoms with van der Waals surface area (Å²) in [4.78, 5) is 2.39. The van der Waals surface area contributed by atoms with E-state index in [2.05, 4.69) is 266 Å². The second-order valence-corrected chi connectivity index (χ2v) is 18.5. The Morgan fingerprint density at radius 1 is 0.328 bits per heavy atom. The standard InChI is InChI=1S/C65H46N2/c1-65(2)60-23-10-8-19-58(60)64-54(21-13-24-61(64)65)46-30-38-51(39-31-46)66(50-36-28-45(29-37-50)53-20-12-22-55-52-17-7-6-14-44(52)32-40-56(53)55)49-34-26-43(27-35-49)47-33-41-63-59(42-47)57-18-9-11-25-62(57)67(63)48-15-4-3-5-16-48/h3-42H,1-2H3. The summed E-state index contributed by atoms with van der Waals surface area (Å²) in [5.74, 6) is 0. The van der Waals surface area contributed by atoms with Gasteiger partial charge in [0.1, 0.15) is 0 Å². The molecule has 0 saturated heterocycles. The largest absolute Gasteiger partial charge is 0.311 e. The zero-order chi connectivity index (χ0) is 44.6. The van der Waals surface area contributed by atoms with Crippen LogP contribution in [0.25, 0.3) is 93.5 Å². The van der Waals surface area contributed by atoms with E-state index in [1.807, 2.05) is 0 Å². The highest BCUT2D eigenvalue weighted by molar-refractivity contribution is 6.12. The molecule has 0 unspecified atom stereocenters. The number of para-hydroxylation sites is 2. The van der Waals surface area contributed by atoms with E-state index in [1.54, 1.807) is 0 Å². The molecule has 1 aliphatic carbocycles. The van der Waals surface area contributed by atoms with Gasteiger partial charge in [0.05, 0.1) is 11.0 Å². The van der Waals surface area contributed by atoms with Gasteiger partial charge in [-0.25, -0.2) is 0 Å². The fourth-order valence-corrected chi connectivity index (χ4v) is 11.1. The lowest BCUT2D eigenvalue weighted by Gasteiger charge is -2.26. The van der Waals surface area contributed by atoms with Crippen LogP contribution in [0.5, 0.6) is 0 Å². The van der Waals surface area contributed by atoms with Crippen molar-refractivity contribution in [2.75, 3.05) is 4.90 Å². The van der Waals surface area contributed by atoms with Crippen LogP contribution in [0, 0.1) is 0 Å². The van der Waals surface area contributed by atoms with E-state index in [0.29, 0.717) is 0 Å². The minimum absolute atomic E-state index is 0.0520. The Bertz CT molecular complexity index is 3860. The van der Waals surface area contributed by atoms with E-state index in [9.17, 15) is 0 Å². The van der Waals surface area contributed by atoms with E-state index < -0.39 is 0 Å². The molecule has 0 amide bonds. The van der Waals surface area contributed by atoms with Crippen molar-refractivity contribution in [1.29, 1.82) is 0 Å². The van der Waals surface area contributed by atoms with Crippen molar-refractivity contribution in [3.63, 3.8) is 0 Å². The number of anilines is 3. The van der Waals surface area contributed by atoms with E-state index in [1.165, 1.54) is 105 Å². The zero-order valence-electron chi connectivity index (χ0n) is 37.5. The Balaban J connectivity index is 0.903. The molecular weight excluding hydrogens is 809 g/mol. The normalized spacial score (nSPS) is 12.7. The highest BCUT2D eigenvalue weighted by Gasteiger charge is 2.36. The minimum atomic E-state index is -0.0520. The Labute approximate surface area is 391 Å². The molecule has 0 aliphatic heterocycles. The van der Waals surface area contributed by atoms with Gasteiger partial charge in [-0.05, 0) is 144 Å². The highest BCUT2D eigenvalue weighted by atomic mass is 15.1. The number of aromatic nitrogens is 1. The predicted molar refractivity (Wildman–Crippen MR) is 284 cm³/mol. The summed E-state index contributed by atoms with van der Waals surface area (Å²) in [7, 11) is 0. The summed E-state index contributed by atoms with van der Waals surface area (Å²) in [6.07, 6.45) is 0. The van der Waals surface area contributed by atoms with Gasteiger partial charge in [-0.2, -0.15) is 0 Å². The van der Waals surface area contributed by atoms with Gasteiger partial charge >= 0.3 is 0 Å². The molecule has 13 rings (SSSR count). The minimum Gasteiger partial charge on any atom is -0.311 e. The van der Waals surface area contributed by atoms with E-state index in [0.717, 1.165) is 17.1 Å². The van der Waals surface area contributed by atoms with Crippen LogP contribution < -0.4 is 4.90 Å². The molecule has 2 heteroatoms. The third-order valence-electron chi connectivity index (χ3n) is 14.4. The van der Waals surface area contributed by atoms with Gasteiger partial charge in [-0.3, -0.25) is 0 Å². The molecule has 12 aromatic rings. The quantitative estimate of drug-likeness (QED) is 0.145. The van der Waals surface area contributed by atoms with Gasteiger partial charge < -0.3 is 9.47 Å². The van der Waals surface area contributed by atoms with E-state index in [4.69, 9.17) is 0 Å². The second-order valence-electron chi connectivity index (χ2n) is 18.5. The number of fused-ring (bicyclic) bond motifs is 9. The molecule has 316 valence electrons. The fraction of sp³-hybridized carbons (Fsp3) is 0.0462. The summed E-state index contributed by atoms with van der Waals surface area (Å²) in [5.41, 5.74) is 19.6. The van der Waals surface area contributed by atoms with Crippen LogP contribution in [-0.2, 0) is 5.41 Å². The number of nitrogens with zero attached hydrogens (tertiary/aromatic N) is 2. The highest BCUT2D eigenvalue weighted by Crippen LogP contribution is 2.52. The first kappa shape index (κ1) is 39.0. The van der Waals surface area contributed by atoms with Crippen molar-refractivity contribution in [2.45, 2.75) is 19.3 Å². The van der Waals surface area contributed by atoms with Crippen LogP contribution in [0.4, 0.5) is 17.1 Å². The summed E-state index contributed by atoms with van der Waals surface area (Å²) < 4.78 is 2.37. The van der Waals surface area contributed by atoms with E-state index >= 15 is 0 Å². The molecule has 0 spiro atoms. The second kappa shape index (κ2) is 15.3. The van der Waals surface area contributed by atoms with Crippen molar-refractivity contribution >= 4 is 60.4 Å². The lowest BCUT2D eigenvalue weighted by molar-refractivity contribution is 0.660. The number of hydrogen-bond acceptors (Lipinski definition) is 1. The molecular formula is C65H46N2. The molecule has 1 aliphatic rings. The number of hydrogen-bond donors (Lipinski definition) is 0. The van der Waals surface area contributed by atoms with Crippen LogP contribution >= 0.6 is 0 Å². The smallest absolute Gasteiger partial charge is 0.0541 e. The molecule has 1 heterocycles. The average molecular weight is 855 g/mol. The summed E-state index contributed by atoms with van der Waals surface area (Å²) in [5, 5.41) is 7.58. The van der Waals surface area contributed by atoms with Gasteiger partial charge in [0, 0.05) is 38.9 Å². The SMILES string of the molecule is CC1(C)c2ccccc2-c2c(-c3ccc(N(c4ccc(-c5ccc6c(c5)c5ccccc5n6-c5ccccc5)cc4)c4ccc(-c5cccc6c5ccc5ccccc56)cc4)cc3)cccc21. The molecule has 67 heavy (non-hydrogen) atoms. The number of benzene rings is 11. The molecule has 0 bridgehead atoms. The first-order chi connectivity index (χ1) is 33.0. The third-order valence-corrected chi connectivity index (χ3v) is 14.4. The average Bonchev–Trinajstić information content (AvgIpc) is 3.85.